The highest BCUT2D eigenvalue weighted by atomic mass is 35.5. The van der Waals surface area contributed by atoms with Gasteiger partial charge in [-0.15, -0.1) is 0 Å². The summed E-state index contributed by atoms with van der Waals surface area (Å²) in [6.07, 6.45) is 0. The van der Waals surface area contributed by atoms with Crippen LogP contribution in [0.25, 0.3) is 0 Å². The number of piperazine rings is 1. The first-order chi connectivity index (χ1) is 13.4. The van der Waals surface area contributed by atoms with E-state index in [0.717, 1.165) is 4.90 Å². The minimum Gasteiger partial charge on any atom is -0.325 e. The molecule has 146 valence electrons. The lowest BCUT2D eigenvalue weighted by Gasteiger charge is -2.31. The molecule has 0 spiro atoms. The van der Waals surface area contributed by atoms with Gasteiger partial charge in [0.15, 0.2) is 6.54 Å². The summed E-state index contributed by atoms with van der Waals surface area (Å²) in [6, 6.07) is 15.0. The molecule has 1 aliphatic heterocycles. The number of hydrogen-bond donors (Lipinski definition) is 2. The lowest BCUT2D eigenvalue weighted by Crippen LogP contribution is -3.15. The van der Waals surface area contributed by atoms with E-state index < -0.39 is 10.0 Å². The van der Waals surface area contributed by atoms with Crippen LogP contribution in [0, 0.1) is 11.3 Å². The van der Waals surface area contributed by atoms with Crippen LogP contribution in [0.1, 0.15) is 5.56 Å². The van der Waals surface area contributed by atoms with E-state index in [2.05, 4.69) is 5.32 Å². The third kappa shape index (κ3) is 4.69. The molecule has 0 saturated carbocycles. The number of anilines is 1. The molecule has 0 aliphatic carbocycles. The number of quaternary nitrogens is 1. The van der Waals surface area contributed by atoms with E-state index in [1.54, 1.807) is 36.4 Å². The van der Waals surface area contributed by atoms with Crippen molar-refractivity contribution in [2.75, 3.05) is 38.0 Å². The molecule has 1 saturated heterocycles. The van der Waals surface area contributed by atoms with Gasteiger partial charge in [-0.3, -0.25) is 4.79 Å². The molecular weight excluding hydrogens is 400 g/mol. The lowest BCUT2D eigenvalue weighted by atomic mass is 10.2. The number of benzene rings is 2. The number of nitrogens with zero attached hydrogens (tertiary/aromatic N) is 2. The van der Waals surface area contributed by atoms with Gasteiger partial charge in [0.1, 0.15) is 6.07 Å². The van der Waals surface area contributed by atoms with E-state index >= 15 is 0 Å². The minimum absolute atomic E-state index is 0.0291. The van der Waals surface area contributed by atoms with E-state index in [1.165, 1.54) is 16.4 Å². The van der Waals surface area contributed by atoms with Gasteiger partial charge >= 0.3 is 0 Å². The second kappa shape index (κ2) is 8.71. The fraction of sp³-hybridized carbons (Fsp3) is 0.263. The molecule has 1 aliphatic rings. The fourth-order valence-electron chi connectivity index (χ4n) is 3.11. The monoisotopic (exact) mass is 419 g/mol. The summed E-state index contributed by atoms with van der Waals surface area (Å²) in [5.41, 5.74) is 0.808. The zero-order chi connectivity index (χ0) is 20.1. The van der Waals surface area contributed by atoms with E-state index in [9.17, 15) is 13.2 Å². The van der Waals surface area contributed by atoms with Crippen molar-refractivity contribution in [2.24, 2.45) is 0 Å². The maximum atomic E-state index is 12.8. The third-order valence-electron chi connectivity index (χ3n) is 4.59. The molecule has 0 aromatic heterocycles. The zero-order valence-corrected chi connectivity index (χ0v) is 16.6. The maximum Gasteiger partial charge on any atom is 0.279 e. The van der Waals surface area contributed by atoms with Crippen LogP contribution in [0.3, 0.4) is 0 Å². The quantitative estimate of drug-likeness (QED) is 0.747. The topological polar surface area (TPSA) is 94.7 Å². The maximum absolute atomic E-state index is 12.8. The largest absolute Gasteiger partial charge is 0.325 e. The van der Waals surface area contributed by atoms with Crippen molar-refractivity contribution >= 4 is 33.2 Å². The molecule has 0 unspecified atom stereocenters. The van der Waals surface area contributed by atoms with Gasteiger partial charge in [-0.25, -0.2) is 8.42 Å². The summed E-state index contributed by atoms with van der Waals surface area (Å²) < 4.78 is 27.1. The number of rotatable bonds is 5. The van der Waals surface area contributed by atoms with Crippen molar-refractivity contribution in [3.8, 4) is 6.07 Å². The Morgan fingerprint density at radius 2 is 1.79 bits per heavy atom. The van der Waals surface area contributed by atoms with Gasteiger partial charge in [-0.1, -0.05) is 23.7 Å². The fourth-order valence-corrected chi connectivity index (χ4v) is 4.82. The van der Waals surface area contributed by atoms with Gasteiger partial charge in [0, 0.05) is 10.7 Å². The highest BCUT2D eigenvalue weighted by molar-refractivity contribution is 7.89. The van der Waals surface area contributed by atoms with Crippen molar-refractivity contribution in [3.63, 3.8) is 0 Å². The Bertz CT molecular complexity index is 995. The second-order valence-electron chi connectivity index (χ2n) is 6.49. The van der Waals surface area contributed by atoms with Crippen LogP contribution in [0.15, 0.2) is 53.4 Å². The van der Waals surface area contributed by atoms with E-state index in [-0.39, 0.29) is 22.9 Å². The Balaban J connectivity index is 1.57. The number of carbonyl (C=O) groups is 1. The Labute approximate surface area is 169 Å². The van der Waals surface area contributed by atoms with Gasteiger partial charge in [0.25, 0.3) is 5.91 Å². The van der Waals surface area contributed by atoms with Crippen molar-refractivity contribution in [1.82, 2.24) is 4.31 Å². The number of nitrogens with one attached hydrogen (secondary N) is 2. The van der Waals surface area contributed by atoms with Gasteiger partial charge in [-0.05, 0) is 36.4 Å². The number of nitriles is 1. The summed E-state index contributed by atoms with van der Waals surface area (Å²) in [4.78, 5) is 13.3. The van der Waals surface area contributed by atoms with E-state index in [4.69, 9.17) is 16.9 Å². The van der Waals surface area contributed by atoms with Crippen LogP contribution in [0.5, 0.6) is 0 Å². The standard InChI is InChI=1S/C19H19ClN4O3S/c20-16-5-7-17(8-6-16)22-19(25)14-23-9-11-24(12-10-23)28(26,27)18-4-2-1-3-15(18)13-21/h1-8H,9-12,14H2,(H,22,25)/p+1. The predicted molar refractivity (Wildman–Crippen MR) is 106 cm³/mol. The SMILES string of the molecule is N#Cc1ccccc1S(=O)(=O)N1CC[NH+](CC(=O)Nc2ccc(Cl)cc2)CC1. The number of amides is 1. The first kappa shape index (κ1) is 20.3. The molecule has 2 aromatic rings. The summed E-state index contributed by atoms with van der Waals surface area (Å²) in [5, 5.41) is 12.6. The molecule has 0 radical (unpaired) electrons. The van der Waals surface area contributed by atoms with Gasteiger partial charge in [-0.2, -0.15) is 9.57 Å². The molecule has 9 heteroatoms. The molecule has 2 N–H and O–H groups in total. The Kier molecular flexibility index (Phi) is 6.31. The molecule has 1 heterocycles. The number of carbonyl (C=O) groups excluding carboxylic acids is 1. The summed E-state index contributed by atoms with van der Waals surface area (Å²) in [7, 11) is -3.72. The number of hydrogen-bond acceptors (Lipinski definition) is 4. The molecule has 0 atom stereocenters. The molecule has 1 amide bonds. The molecule has 2 aromatic carbocycles. The molecule has 7 nitrogen and oxygen atoms in total. The van der Waals surface area contributed by atoms with E-state index in [0.29, 0.717) is 36.9 Å². The first-order valence-corrected chi connectivity index (χ1v) is 10.6. The molecular formula is C19H20ClN4O3S+. The van der Waals surface area contributed by atoms with Crippen LogP contribution >= 0.6 is 11.6 Å². The third-order valence-corrected chi connectivity index (χ3v) is 6.80. The van der Waals surface area contributed by atoms with Gasteiger partial charge < -0.3 is 10.2 Å². The van der Waals surface area contributed by atoms with Crippen molar-refractivity contribution in [1.29, 1.82) is 5.26 Å². The highest BCUT2D eigenvalue weighted by Gasteiger charge is 2.32. The summed E-state index contributed by atoms with van der Waals surface area (Å²) >= 11 is 5.83. The van der Waals surface area contributed by atoms with Gasteiger partial charge in [0.05, 0.1) is 36.6 Å². The summed E-state index contributed by atoms with van der Waals surface area (Å²) in [6.45, 7) is 1.88. The minimum atomic E-state index is -3.72. The van der Waals surface area contributed by atoms with Crippen molar-refractivity contribution in [2.45, 2.75) is 4.90 Å². The van der Waals surface area contributed by atoms with Crippen LogP contribution in [-0.4, -0.2) is 51.4 Å². The van der Waals surface area contributed by atoms with Crippen LogP contribution in [0.2, 0.25) is 5.02 Å². The highest BCUT2D eigenvalue weighted by Crippen LogP contribution is 2.19. The summed E-state index contributed by atoms with van der Waals surface area (Å²) in [5.74, 6) is -0.136. The van der Waals surface area contributed by atoms with Crippen LogP contribution in [-0.2, 0) is 14.8 Å². The Hall–Kier alpha value is -2.44. The number of halogens is 1. The average molecular weight is 420 g/mol. The molecule has 1 fully saturated rings. The lowest BCUT2D eigenvalue weighted by molar-refractivity contribution is -0.895. The number of sulfonamides is 1. The first-order valence-electron chi connectivity index (χ1n) is 8.78. The second-order valence-corrected chi connectivity index (χ2v) is 8.84. The Morgan fingerprint density at radius 1 is 1.14 bits per heavy atom. The average Bonchev–Trinajstić information content (AvgIpc) is 2.70. The van der Waals surface area contributed by atoms with Crippen molar-refractivity contribution in [3.05, 3.63) is 59.1 Å². The molecule has 3 rings (SSSR count). The van der Waals surface area contributed by atoms with E-state index in [1.807, 2.05) is 6.07 Å². The smallest absolute Gasteiger partial charge is 0.279 e. The van der Waals surface area contributed by atoms with Crippen LogP contribution in [0.4, 0.5) is 5.69 Å². The molecule has 0 bridgehead atoms. The van der Waals surface area contributed by atoms with Gasteiger partial charge in [0.2, 0.25) is 10.0 Å². The Morgan fingerprint density at radius 3 is 2.43 bits per heavy atom. The normalized spacial score (nSPS) is 15.7. The predicted octanol–water partition coefficient (Wildman–Crippen LogP) is 0.740. The van der Waals surface area contributed by atoms with Crippen LogP contribution < -0.4 is 10.2 Å². The zero-order valence-electron chi connectivity index (χ0n) is 15.1. The van der Waals surface area contributed by atoms with Crippen molar-refractivity contribution < 1.29 is 18.1 Å². The molecule has 28 heavy (non-hydrogen) atoms.